The molecule has 0 unspecified atom stereocenters. The normalized spacial score (nSPS) is 17.9. The molecular formula is C21H25N5O. The maximum atomic E-state index is 7.55. The monoisotopic (exact) mass is 366 g/mol. The zero-order valence-corrected chi connectivity index (χ0v) is 15.1. The van der Waals surface area contributed by atoms with Gasteiger partial charge in [0.25, 0.3) is 0 Å². The molecule has 3 aromatic rings. The Kier molecular flexibility index (Phi) is 4.11. The molecule has 140 valence electrons. The minimum absolute atomic E-state index is 0.188. The lowest BCUT2D eigenvalue weighted by atomic mass is 10.1. The number of hydrogen-bond acceptors (Lipinski definition) is 5. The van der Waals surface area contributed by atoms with Crippen molar-refractivity contribution in [2.24, 2.45) is 0 Å². The van der Waals surface area contributed by atoms with Gasteiger partial charge in [0.1, 0.15) is 6.61 Å². The van der Waals surface area contributed by atoms with Crippen molar-refractivity contribution in [2.45, 2.75) is 25.5 Å². The van der Waals surface area contributed by atoms with Gasteiger partial charge >= 0.3 is 0 Å². The molecule has 0 saturated carbocycles. The Labute approximate surface area is 163 Å². The number of nitrogen functional groups attached to an aromatic ring is 1. The van der Waals surface area contributed by atoms with Gasteiger partial charge in [-0.15, -0.1) is 0 Å². The number of hydrogen-bond donors (Lipinski definition) is 1. The Balaban J connectivity index is 1.44. The van der Waals surface area contributed by atoms with Crippen molar-refractivity contribution in [3.8, 4) is 16.9 Å². The highest BCUT2D eigenvalue weighted by molar-refractivity contribution is 5.65. The molecule has 1 fully saturated rings. The van der Waals surface area contributed by atoms with Crippen molar-refractivity contribution in [1.82, 2.24) is 19.7 Å². The van der Waals surface area contributed by atoms with E-state index in [-0.39, 0.29) is 6.04 Å². The first-order chi connectivity index (χ1) is 14.4. The standard InChI is InChI=1S/C21H25N5O/c1-25-9-7-19(8-10-25)26-14-18(13-24-26)17-11-20(21(22)23-12-17)27-15-16-5-3-2-4-6-16/h2-6,11-14,19H,7-10,15H2,1H3,(H2,22,23)/i1D3. The summed E-state index contributed by atoms with van der Waals surface area (Å²) in [5.74, 6) is 0.884. The lowest BCUT2D eigenvalue weighted by Crippen LogP contribution is -2.31. The fraction of sp³-hybridized carbons (Fsp3) is 0.333. The van der Waals surface area contributed by atoms with Gasteiger partial charge in [0, 0.05) is 27.6 Å². The van der Waals surface area contributed by atoms with E-state index in [1.54, 1.807) is 17.3 Å². The first-order valence-electron chi connectivity index (χ1n) is 10.6. The summed E-state index contributed by atoms with van der Waals surface area (Å²) in [6, 6.07) is 12.0. The molecule has 3 heterocycles. The van der Waals surface area contributed by atoms with Gasteiger partial charge in [-0.05, 0) is 44.5 Å². The van der Waals surface area contributed by atoms with Gasteiger partial charge in [0.05, 0.1) is 12.2 Å². The zero-order valence-electron chi connectivity index (χ0n) is 18.1. The van der Waals surface area contributed by atoms with Gasteiger partial charge in [0.2, 0.25) is 0 Å². The highest BCUT2D eigenvalue weighted by Crippen LogP contribution is 2.29. The van der Waals surface area contributed by atoms with E-state index in [0.29, 0.717) is 31.3 Å². The maximum Gasteiger partial charge on any atom is 0.166 e. The highest BCUT2D eigenvalue weighted by atomic mass is 16.5. The van der Waals surface area contributed by atoms with Crippen LogP contribution in [0.5, 0.6) is 5.75 Å². The summed E-state index contributed by atoms with van der Waals surface area (Å²) >= 11 is 0. The molecule has 4 rings (SSSR count). The molecule has 1 aliphatic heterocycles. The van der Waals surface area contributed by atoms with Crippen molar-refractivity contribution >= 4 is 5.82 Å². The average Bonchev–Trinajstić information content (AvgIpc) is 3.24. The molecule has 1 aromatic carbocycles. The number of piperidine rings is 1. The second-order valence-corrected chi connectivity index (χ2v) is 6.81. The van der Waals surface area contributed by atoms with E-state index in [1.807, 2.05) is 47.3 Å². The largest absolute Gasteiger partial charge is 0.485 e. The number of ether oxygens (including phenoxy) is 1. The quantitative estimate of drug-likeness (QED) is 0.750. The summed E-state index contributed by atoms with van der Waals surface area (Å²) in [5.41, 5.74) is 8.84. The summed E-state index contributed by atoms with van der Waals surface area (Å²) in [7, 11) is 0. The number of pyridine rings is 1. The molecule has 2 N–H and O–H groups in total. The number of nitrogens with zero attached hydrogens (tertiary/aromatic N) is 4. The Morgan fingerprint density at radius 1 is 1.19 bits per heavy atom. The minimum Gasteiger partial charge on any atom is -0.485 e. The number of aromatic nitrogens is 3. The van der Waals surface area contributed by atoms with Gasteiger partial charge < -0.3 is 15.4 Å². The Morgan fingerprint density at radius 3 is 2.78 bits per heavy atom. The van der Waals surface area contributed by atoms with E-state index >= 15 is 0 Å². The first kappa shape index (κ1) is 14.2. The van der Waals surface area contributed by atoms with Crippen LogP contribution in [0, 0.1) is 0 Å². The van der Waals surface area contributed by atoms with Crippen molar-refractivity contribution in [2.75, 3.05) is 25.8 Å². The molecule has 0 aliphatic carbocycles. The van der Waals surface area contributed by atoms with Crippen molar-refractivity contribution in [3.05, 3.63) is 60.6 Å². The summed E-state index contributed by atoms with van der Waals surface area (Å²) in [5, 5.41) is 4.51. The van der Waals surface area contributed by atoms with Gasteiger partial charge in [-0.2, -0.15) is 5.10 Å². The molecule has 1 aliphatic rings. The van der Waals surface area contributed by atoms with Gasteiger partial charge in [-0.1, -0.05) is 30.3 Å². The van der Waals surface area contributed by atoms with Crippen molar-refractivity contribution in [1.29, 1.82) is 0 Å². The topological polar surface area (TPSA) is 69.2 Å². The predicted molar refractivity (Wildman–Crippen MR) is 106 cm³/mol. The summed E-state index contributed by atoms with van der Waals surface area (Å²) < 4.78 is 30.4. The molecule has 2 aromatic heterocycles. The van der Waals surface area contributed by atoms with Crippen LogP contribution in [0.15, 0.2) is 55.0 Å². The molecule has 0 bridgehead atoms. The molecular weight excluding hydrogens is 338 g/mol. The number of benzene rings is 1. The third-order valence-corrected chi connectivity index (χ3v) is 4.89. The van der Waals surface area contributed by atoms with Gasteiger partial charge in [-0.3, -0.25) is 4.68 Å². The van der Waals surface area contributed by atoms with Crippen LogP contribution in [0.2, 0.25) is 0 Å². The number of rotatable bonds is 5. The minimum atomic E-state index is -2.02. The molecule has 0 spiro atoms. The van der Waals surface area contributed by atoms with Crippen LogP contribution in [0.1, 0.15) is 28.6 Å². The summed E-state index contributed by atoms with van der Waals surface area (Å²) in [4.78, 5) is 5.82. The average molecular weight is 366 g/mol. The second kappa shape index (κ2) is 7.80. The van der Waals surface area contributed by atoms with Crippen LogP contribution >= 0.6 is 0 Å². The van der Waals surface area contributed by atoms with Gasteiger partial charge in [-0.25, -0.2) is 4.98 Å². The number of anilines is 1. The van der Waals surface area contributed by atoms with E-state index in [2.05, 4.69) is 10.1 Å². The van der Waals surface area contributed by atoms with Crippen molar-refractivity contribution in [3.63, 3.8) is 0 Å². The fourth-order valence-corrected chi connectivity index (χ4v) is 3.28. The molecule has 0 atom stereocenters. The Bertz CT molecular complexity index is 982. The Morgan fingerprint density at radius 2 is 2.00 bits per heavy atom. The van der Waals surface area contributed by atoms with E-state index in [9.17, 15) is 0 Å². The molecule has 0 radical (unpaired) electrons. The van der Waals surface area contributed by atoms with Crippen LogP contribution in [0.4, 0.5) is 5.82 Å². The van der Waals surface area contributed by atoms with Crippen molar-refractivity contribution < 1.29 is 8.85 Å². The molecule has 0 amide bonds. The molecule has 1 saturated heterocycles. The van der Waals surface area contributed by atoms with Crippen LogP contribution in [-0.4, -0.2) is 39.7 Å². The molecule has 6 nitrogen and oxygen atoms in total. The summed E-state index contributed by atoms with van der Waals surface area (Å²) in [6.07, 6.45) is 6.99. The smallest absolute Gasteiger partial charge is 0.166 e. The number of nitrogens with two attached hydrogens (primary N) is 1. The van der Waals surface area contributed by atoms with E-state index < -0.39 is 6.98 Å². The Hall–Kier alpha value is -2.86. The summed E-state index contributed by atoms with van der Waals surface area (Å²) in [6.45, 7) is -0.530. The van der Waals surface area contributed by atoms with Crippen LogP contribution in [-0.2, 0) is 6.61 Å². The van der Waals surface area contributed by atoms with E-state index in [1.165, 1.54) is 0 Å². The van der Waals surface area contributed by atoms with E-state index in [0.717, 1.165) is 29.5 Å². The predicted octanol–water partition coefficient (Wildman–Crippen LogP) is 3.37. The second-order valence-electron chi connectivity index (χ2n) is 6.81. The zero-order chi connectivity index (χ0) is 21.1. The molecule has 27 heavy (non-hydrogen) atoms. The first-order valence-corrected chi connectivity index (χ1v) is 9.12. The lowest BCUT2D eigenvalue weighted by Gasteiger charge is -2.28. The van der Waals surface area contributed by atoms with Gasteiger partial charge in [0.15, 0.2) is 11.6 Å². The SMILES string of the molecule is [2H]C([2H])([2H])N1CCC(n2cc(-c3cnc(N)c(OCc4ccccc4)c3)cn2)CC1. The van der Waals surface area contributed by atoms with Crippen LogP contribution < -0.4 is 10.5 Å². The third-order valence-electron chi connectivity index (χ3n) is 4.89. The van der Waals surface area contributed by atoms with E-state index in [4.69, 9.17) is 14.6 Å². The third kappa shape index (κ3) is 4.11. The van der Waals surface area contributed by atoms with Crippen LogP contribution in [0.3, 0.4) is 0 Å². The maximum absolute atomic E-state index is 7.55. The highest BCUT2D eigenvalue weighted by Gasteiger charge is 2.19. The van der Waals surface area contributed by atoms with Crippen LogP contribution in [0.25, 0.3) is 11.1 Å². The molecule has 6 heteroatoms. The fourth-order valence-electron chi connectivity index (χ4n) is 3.28. The lowest BCUT2D eigenvalue weighted by molar-refractivity contribution is 0.212. The number of likely N-dealkylation sites (tertiary alicyclic amines) is 1.